The highest BCUT2D eigenvalue weighted by Crippen LogP contribution is 2.19. The number of nitrogens with zero attached hydrogens (tertiary/aromatic N) is 2. The van der Waals surface area contributed by atoms with E-state index in [-0.39, 0.29) is 11.3 Å². The molecule has 2 aromatic rings. The number of hydrogen-bond donors (Lipinski definition) is 0. The molecule has 0 amide bonds. The van der Waals surface area contributed by atoms with E-state index in [0.717, 1.165) is 5.56 Å². The first kappa shape index (κ1) is 15.5. The van der Waals surface area contributed by atoms with Gasteiger partial charge in [0.05, 0.1) is 7.11 Å². The fourth-order valence-electron chi connectivity index (χ4n) is 1.81. The first-order valence-electron chi connectivity index (χ1n) is 6.11. The molecule has 110 valence electrons. The number of methoxy groups -OCH3 is 1. The normalized spacial score (nSPS) is 10.4. The van der Waals surface area contributed by atoms with E-state index in [1.54, 1.807) is 18.2 Å². The number of halogens is 2. The lowest BCUT2D eigenvalue weighted by Crippen LogP contribution is -2.25. The van der Waals surface area contributed by atoms with E-state index in [1.165, 1.54) is 23.9 Å². The van der Waals surface area contributed by atoms with Crippen molar-refractivity contribution < 1.29 is 9.53 Å². The second-order valence-corrected chi connectivity index (χ2v) is 5.17. The molecule has 2 rings (SSSR count). The number of aryl methyl sites for hydroxylation is 2. The molecule has 1 aromatic carbocycles. The second kappa shape index (κ2) is 6.74. The zero-order chi connectivity index (χ0) is 15.4. The zero-order valence-electron chi connectivity index (χ0n) is 11.2. The molecule has 0 aliphatic rings. The highest BCUT2D eigenvalue weighted by molar-refractivity contribution is 6.34. The standard InChI is InChI=1S/C14H12Cl2N2O3/c1-21-14(20)12-2-3-13(19)18(17-12)5-4-9-6-10(15)8-11(16)7-9/h2-3,6-8H,4-5H2,1H3. The molecule has 21 heavy (non-hydrogen) atoms. The second-order valence-electron chi connectivity index (χ2n) is 4.30. The number of aromatic nitrogens is 2. The summed E-state index contributed by atoms with van der Waals surface area (Å²) >= 11 is 11.8. The average Bonchev–Trinajstić information content (AvgIpc) is 2.44. The molecular formula is C14H12Cl2N2O3. The lowest BCUT2D eigenvalue weighted by molar-refractivity contribution is 0.0591. The van der Waals surface area contributed by atoms with Gasteiger partial charge in [-0.1, -0.05) is 23.2 Å². The van der Waals surface area contributed by atoms with Gasteiger partial charge in [0, 0.05) is 22.7 Å². The average molecular weight is 327 g/mol. The van der Waals surface area contributed by atoms with Crippen LogP contribution in [-0.4, -0.2) is 22.9 Å². The lowest BCUT2D eigenvalue weighted by atomic mass is 10.1. The van der Waals surface area contributed by atoms with Gasteiger partial charge in [-0.25, -0.2) is 9.48 Å². The van der Waals surface area contributed by atoms with Gasteiger partial charge in [-0.15, -0.1) is 0 Å². The van der Waals surface area contributed by atoms with Crippen LogP contribution in [0.5, 0.6) is 0 Å². The summed E-state index contributed by atoms with van der Waals surface area (Å²) in [4.78, 5) is 23.1. The molecule has 0 N–H and O–H groups in total. The number of benzene rings is 1. The van der Waals surface area contributed by atoms with Crippen LogP contribution in [0.2, 0.25) is 10.0 Å². The molecule has 1 aromatic heterocycles. The molecule has 0 saturated heterocycles. The Balaban J connectivity index is 2.19. The molecule has 5 nitrogen and oxygen atoms in total. The van der Waals surface area contributed by atoms with Gasteiger partial charge in [-0.3, -0.25) is 4.79 Å². The molecule has 7 heteroatoms. The van der Waals surface area contributed by atoms with E-state index in [1.807, 2.05) is 0 Å². The van der Waals surface area contributed by atoms with Gasteiger partial charge < -0.3 is 4.74 Å². The number of rotatable bonds is 4. The smallest absolute Gasteiger partial charge is 0.358 e. The number of hydrogen-bond acceptors (Lipinski definition) is 4. The molecular weight excluding hydrogens is 315 g/mol. The van der Waals surface area contributed by atoms with Crippen LogP contribution in [0.15, 0.2) is 35.1 Å². The highest BCUT2D eigenvalue weighted by Gasteiger charge is 2.09. The number of carbonyl (C=O) groups is 1. The van der Waals surface area contributed by atoms with Crippen molar-refractivity contribution in [2.45, 2.75) is 13.0 Å². The summed E-state index contributed by atoms with van der Waals surface area (Å²) in [5.74, 6) is -0.588. The van der Waals surface area contributed by atoms with Crippen LogP contribution in [0.4, 0.5) is 0 Å². The summed E-state index contributed by atoms with van der Waals surface area (Å²) in [6.45, 7) is 0.306. The van der Waals surface area contributed by atoms with Gasteiger partial charge in [0.2, 0.25) is 0 Å². The van der Waals surface area contributed by atoms with Gasteiger partial charge >= 0.3 is 5.97 Å². The Bertz CT molecular complexity index is 708. The van der Waals surface area contributed by atoms with Crippen LogP contribution in [-0.2, 0) is 17.7 Å². The van der Waals surface area contributed by atoms with Gasteiger partial charge in [0.1, 0.15) is 0 Å². The third-order valence-electron chi connectivity index (χ3n) is 2.80. The first-order valence-corrected chi connectivity index (χ1v) is 6.86. The van der Waals surface area contributed by atoms with Gasteiger partial charge in [-0.05, 0) is 36.2 Å². The summed E-state index contributed by atoms with van der Waals surface area (Å²) < 4.78 is 5.78. The fraction of sp³-hybridized carbons (Fsp3) is 0.214. The third kappa shape index (κ3) is 4.06. The summed E-state index contributed by atoms with van der Waals surface area (Å²) in [6.07, 6.45) is 0.512. The van der Waals surface area contributed by atoms with Crippen LogP contribution < -0.4 is 5.56 Å². The van der Waals surface area contributed by atoms with Crippen LogP contribution in [0.1, 0.15) is 16.1 Å². The molecule has 0 fully saturated rings. The third-order valence-corrected chi connectivity index (χ3v) is 3.23. The van der Waals surface area contributed by atoms with Gasteiger partial charge in [0.25, 0.3) is 5.56 Å². The van der Waals surface area contributed by atoms with E-state index in [9.17, 15) is 9.59 Å². The number of ether oxygens (including phenoxy) is 1. The molecule has 0 bridgehead atoms. The van der Waals surface area contributed by atoms with E-state index < -0.39 is 5.97 Å². The summed E-state index contributed by atoms with van der Waals surface area (Å²) in [7, 11) is 1.26. The van der Waals surface area contributed by atoms with Crippen LogP contribution >= 0.6 is 23.2 Å². The van der Waals surface area contributed by atoms with Crippen molar-refractivity contribution in [3.63, 3.8) is 0 Å². The SMILES string of the molecule is COC(=O)c1ccc(=O)n(CCc2cc(Cl)cc(Cl)c2)n1. The van der Waals surface area contributed by atoms with Crippen molar-refractivity contribution in [2.75, 3.05) is 7.11 Å². The molecule has 0 aliphatic heterocycles. The van der Waals surface area contributed by atoms with Gasteiger partial charge in [-0.2, -0.15) is 5.10 Å². The predicted molar refractivity (Wildman–Crippen MR) is 80.0 cm³/mol. The zero-order valence-corrected chi connectivity index (χ0v) is 12.7. The Morgan fingerprint density at radius 2 is 1.90 bits per heavy atom. The van der Waals surface area contributed by atoms with Crippen molar-refractivity contribution in [1.82, 2.24) is 9.78 Å². The van der Waals surface area contributed by atoms with Crippen molar-refractivity contribution in [3.8, 4) is 0 Å². The molecule has 0 unspecified atom stereocenters. The predicted octanol–water partition coefficient (Wildman–Crippen LogP) is 2.58. The molecule has 0 aliphatic carbocycles. The van der Waals surface area contributed by atoms with Crippen molar-refractivity contribution in [2.24, 2.45) is 0 Å². The Labute approximate surface area is 131 Å². The highest BCUT2D eigenvalue weighted by atomic mass is 35.5. The van der Waals surface area contributed by atoms with Crippen LogP contribution in [0, 0.1) is 0 Å². The number of carbonyl (C=O) groups excluding carboxylic acids is 1. The minimum atomic E-state index is -0.588. The van der Waals surface area contributed by atoms with E-state index in [2.05, 4.69) is 9.84 Å². The first-order chi connectivity index (χ1) is 9.99. The lowest BCUT2D eigenvalue weighted by Gasteiger charge is -2.07. The Morgan fingerprint density at radius 3 is 2.52 bits per heavy atom. The fourth-order valence-corrected chi connectivity index (χ4v) is 2.38. The minimum Gasteiger partial charge on any atom is -0.464 e. The van der Waals surface area contributed by atoms with Crippen molar-refractivity contribution in [3.05, 3.63) is 62.0 Å². The van der Waals surface area contributed by atoms with Crippen molar-refractivity contribution in [1.29, 1.82) is 0 Å². The van der Waals surface area contributed by atoms with E-state index in [4.69, 9.17) is 23.2 Å². The topological polar surface area (TPSA) is 61.2 Å². The molecule has 0 atom stereocenters. The quantitative estimate of drug-likeness (QED) is 0.810. The van der Waals surface area contributed by atoms with E-state index >= 15 is 0 Å². The molecule has 0 radical (unpaired) electrons. The summed E-state index contributed by atoms with van der Waals surface area (Å²) in [5, 5.41) is 5.02. The molecule has 1 heterocycles. The molecule has 0 saturated carbocycles. The maximum atomic E-state index is 11.7. The van der Waals surface area contributed by atoms with Crippen molar-refractivity contribution >= 4 is 29.2 Å². The van der Waals surface area contributed by atoms with E-state index in [0.29, 0.717) is 23.0 Å². The number of esters is 1. The Morgan fingerprint density at radius 1 is 1.24 bits per heavy atom. The summed E-state index contributed by atoms with van der Waals surface area (Å²) in [6, 6.07) is 7.78. The Kier molecular flexibility index (Phi) is 4.98. The Hall–Kier alpha value is -1.85. The molecule has 0 spiro atoms. The maximum Gasteiger partial charge on any atom is 0.358 e. The monoisotopic (exact) mass is 326 g/mol. The largest absolute Gasteiger partial charge is 0.464 e. The minimum absolute atomic E-state index is 0.0845. The van der Waals surface area contributed by atoms with Crippen LogP contribution in [0.3, 0.4) is 0 Å². The summed E-state index contributed by atoms with van der Waals surface area (Å²) in [5.41, 5.74) is 0.668. The van der Waals surface area contributed by atoms with Crippen LogP contribution in [0.25, 0.3) is 0 Å². The maximum absolute atomic E-state index is 11.7. The van der Waals surface area contributed by atoms with Gasteiger partial charge in [0.15, 0.2) is 5.69 Å².